The van der Waals surface area contributed by atoms with Crippen LogP contribution >= 0.6 is 0 Å². The Morgan fingerprint density at radius 1 is 1.23 bits per heavy atom. The molecule has 1 N–H and O–H groups in total. The van der Waals surface area contributed by atoms with Crippen LogP contribution in [0.15, 0.2) is 57.5 Å². The van der Waals surface area contributed by atoms with Crippen molar-refractivity contribution in [2.75, 3.05) is 11.4 Å². The molecule has 5 rings (SSSR count). The minimum Gasteiger partial charge on any atom is -0.368 e. The zero-order chi connectivity index (χ0) is 21.1. The Balaban J connectivity index is 1.68. The predicted octanol–water partition coefficient (Wildman–Crippen LogP) is 5.25. The second-order valence-corrected chi connectivity index (χ2v) is 10.0. The average molecular weight is 405 g/mol. The number of hydrogen-bond acceptors (Lipinski definition) is 5. The topological polar surface area (TPSA) is 57.1 Å². The number of azo groups is 1. The number of Topliss-reactive ketones (excluding diaryl/α,β-unsaturated/α-hetero) is 1. The molecule has 4 aliphatic rings. The largest absolute Gasteiger partial charge is 0.368 e. The molecule has 1 saturated heterocycles. The Morgan fingerprint density at radius 3 is 2.77 bits per heavy atom. The van der Waals surface area contributed by atoms with E-state index in [1.165, 1.54) is 24.1 Å². The lowest BCUT2D eigenvalue weighted by Crippen LogP contribution is -2.51. The summed E-state index contributed by atoms with van der Waals surface area (Å²) in [5.74, 6) is 0.266. The highest BCUT2D eigenvalue weighted by atomic mass is 16.1. The van der Waals surface area contributed by atoms with Crippen LogP contribution in [0.25, 0.3) is 0 Å². The van der Waals surface area contributed by atoms with Gasteiger partial charge in [-0.1, -0.05) is 39.8 Å². The Kier molecular flexibility index (Phi) is 4.42. The third kappa shape index (κ3) is 2.70. The van der Waals surface area contributed by atoms with Crippen molar-refractivity contribution < 1.29 is 4.79 Å². The van der Waals surface area contributed by atoms with Gasteiger partial charge in [-0.3, -0.25) is 4.79 Å². The highest BCUT2D eigenvalue weighted by molar-refractivity contribution is 6.01. The number of carbonyl (C=O) groups excluding carboxylic acids is 1. The molecule has 3 atom stereocenters. The summed E-state index contributed by atoms with van der Waals surface area (Å²) in [4.78, 5) is 16.1. The van der Waals surface area contributed by atoms with Crippen LogP contribution in [0.2, 0.25) is 0 Å². The van der Waals surface area contributed by atoms with Gasteiger partial charge in [0.25, 0.3) is 0 Å². The van der Waals surface area contributed by atoms with Crippen molar-refractivity contribution in [2.24, 2.45) is 15.6 Å². The van der Waals surface area contributed by atoms with Crippen molar-refractivity contribution in [3.8, 4) is 0 Å². The summed E-state index contributed by atoms with van der Waals surface area (Å²) < 4.78 is 0. The van der Waals surface area contributed by atoms with E-state index in [9.17, 15) is 4.79 Å². The van der Waals surface area contributed by atoms with Crippen molar-refractivity contribution in [3.63, 3.8) is 0 Å². The van der Waals surface area contributed by atoms with Crippen molar-refractivity contribution >= 4 is 11.5 Å². The molecular formula is C25H32N4O. The second kappa shape index (κ2) is 6.79. The quantitative estimate of drug-likeness (QED) is 0.746. The van der Waals surface area contributed by atoms with Gasteiger partial charge in [-0.2, -0.15) is 10.2 Å². The number of fused-ring (bicyclic) bond motifs is 1. The molecule has 3 aliphatic heterocycles. The smallest absolute Gasteiger partial charge is 0.164 e. The van der Waals surface area contributed by atoms with Gasteiger partial charge in [-0.05, 0) is 48.8 Å². The molecule has 5 heteroatoms. The van der Waals surface area contributed by atoms with Crippen LogP contribution in [0, 0.1) is 5.41 Å². The van der Waals surface area contributed by atoms with Crippen molar-refractivity contribution in [2.45, 2.75) is 77.4 Å². The third-order valence-corrected chi connectivity index (χ3v) is 7.60. The molecule has 1 aliphatic carbocycles. The minimum atomic E-state index is -0.453. The third-order valence-electron chi connectivity index (χ3n) is 7.60. The molecule has 1 aromatic rings. The van der Waals surface area contributed by atoms with Crippen LogP contribution in [0.5, 0.6) is 0 Å². The zero-order valence-electron chi connectivity index (χ0n) is 18.5. The molecule has 158 valence electrons. The first-order valence-electron chi connectivity index (χ1n) is 11.4. The summed E-state index contributed by atoms with van der Waals surface area (Å²) in [6.45, 7) is 9.93. The van der Waals surface area contributed by atoms with Crippen LogP contribution in [0.3, 0.4) is 0 Å². The van der Waals surface area contributed by atoms with Gasteiger partial charge in [0.2, 0.25) is 0 Å². The lowest BCUT2D eigenvalue weighted by Gasteiger charge is -2.48. The molecule has 3 heterocycles. The number of hydrogen-bond donors (Lipinski definition) is 1. The predicted molar refractivity (Wildman–Crippen MR) is 119 cm³/mol. The normalized spacial score (nSPS) is 31.7. The van der Waals surface area contributed by atoms with E-state index >= 15 is 0 Å². The Hall–Kier alpha value is -2.43. The Bertz CT molecular complexity index is 987. The molecule has 0 saturated carbocycles. The van der Waals surface area contributed by atoms with E-state index in [1.54, 1.807) is 0 Å². The first kappa shape index (κ1) is 19.5. The van der Waals surface area contributed by atoms with Crippen molar-refractivity contribution in [3.05, 3.63) is 52.9 Å². The highest BCUT2D eigenvalue weighted by Crippen LogP contribution is 2.54. The SMILES string of the molecule is CC[C@H]1CCN1c1cccc([C@]2(CC)C3=CN=NC3NC3=C2C(=O)CC(C)(C)C3)c1. The van der Waals surface area contributed by atoms with E-state index in [-0.39, 0.29) is 17.4 Å². The number of allylic oxidation sites excluding steroid dienone is 2. The second-order valence-electron chi connectivity index (χ2n) is 10.0. The monoisotopic (exact) mass is 404 g/mol. The number of anilines is 1. The van der Waals surface area contributed by atoms with Gasteiger partial charge in [0.05, 0.1) is 11.6 Å². The van der Waals surface area contributed by atoms with E-state index in [0.29, 0.717) is 12.5 Å². The fraction of sp³-hybridized carbons (Fsp3) is 0.560. The molecule has 1 unspecified atom stereocenters. The molecule has 0 radical (unpaired) electrons. The fourth-order valence-electron chi connectivity index (χ4n) is 6.05. The molecule has 0 spiro atoms. The summed E-state index contributed by atoms with van der Waals surface area (Å²) in [5, 5.41) is 12.3. The maximum atomic E-state index is 13.6. The lowest BCUT2D eigenvalue weighted by molar-refractivity contribution is -0.119. The van der Waals surface area contributed by atoms with E-state index in [2.05, 4.69) is 72.4 Å². The number of nitrogens with one attached hydrogen (secondary N) is 1. The molecule has 5 nitrogen and oxygen atoms in total. The summed E-state index contributed by atoms with van der Waals surface area (Å²) in [6.07, 6.45) is 6.45. The van der Waals surface area contributed by atoms with Crippen LogP contribution in [0.1, 0.15) is 65.4 Å². The molecule has 30 heavy (non-hydrogen) atoms. The summed E-state index contributed by atoms with van der Waals surface area (Å²) in [5.41, 5.74) is 5.12. The van der Waals surface area contributed by atoms with Gasteiger partial charge in [0, 0.05) is 41.5 Å². The summed E-state index contributed by atoms with van der Waals surface area (Å²) in [7, 11) is 0. The number of rotatable bonds is 4. The lowest BCUT2D eigenvalue weighted by atomic mass is 9.59. The van der Waals surface area contributed by atoms with E-state index in [1.807, 2.05) is 6.20 Å². The van der Waals surface area contributed by atoms with Gasteiger partial charge in [-0.25, -0.2) is 0 Å². The fourth-order valence-corrected chi connectivity index (χ4v) is 6.05. The number of nitrogens with zero attached hydrogens (tertiary/aromatic N) is 3. The standard InChI is InChI=1S/C25H32N4O/c1-5-17-10-11-29(17)18-9-7-8-16(12-18)25(6-2)19-15-26-28-23(19)27-20-13-24(3,4)14-21(30)22(20)25/h7-9,12,15,17,23,27H,5-6,10-11,13-14H2,1-4H3/t17-,23?,25+/m0/s1. The van der Waals surface area contributed by atoms with Crippen LogP contribution < -0.4 is 10.2 Å². The van der Waals surface area contributed by atoms with Gasteiger partial charge in [0.15, 0.2) is 11.9 Å². The molecule has 0 bridgehead atoms. The van der Waals surface area contributed by atoms with Crippen molar-refractivity contribution in [1.82, 2.24) is 5.32 Å². The first-order chi connectivity index (χ1) is 14.4. The number of ketones is 1. The first-order valence-corrected chi connectivity index (χ1v) is 11.4. The molecule has 1 fully saturated rings. The summed E-state index contributed by atoms with van der Waals surface area (Å²) >= 11 is 0. The van der Waals surface area contributed by atoms with Crippen LogP contribution in [-0.4, -0.2) is 24.5 Å². The number of carbonyl (C=O) groups is 1. The highest BCUT2D eigenvalue weighted by Gasteiger charge is 2.53. The Morgan fingerprint density at radius 2 is 2.07 bits per heavy atom. The van der Waals surface area contributed by atoms with Gasteiger partial charge >= 0.3 is 0 Å². The maximum absolute atomic E-state index is 13.6. The van der Waals surface area contributed by atoms with E-state index in [4.69, 9.17) is 0 Å². The zero-order valence-corrected chi connectivity index (χ0v) is 18.5. The van der Waals surface area contributed by atoms with E-state index in [0.717, 1.165) is 36.2 Å². The average Bonchev–Trinajstić information content (AvgIpc) is 3.13. The van der Waals surface area contributed by atoms with Gasteiger partial charge in [-0.15, -0.1) is 0 Å². The molecule has 0 aromatic heterocycles. The number of benzene rings is 1. The van der Waals surface area contributed by atoms with Crippen LogP contribution in [-0.2, 0) is 10.2 Å². The van der Waals surface area contributed by atoms with Gasteiger partial charge < -0.3 is 10.2 Å². The minimum absolute atomic E-state index is 0.0345. The Labute approximate surface area is 179 Å². The summed E-state index contributed by atoms with van der Waals surface area (Å²) in [6, 6.07) is 9.52. The maximum Gasteiger partial charge on any atom is 0.164 e. The van der Waals surface area contributed by atoms with E-state index < -0.39 is 5.41 Å². The molecule has 1 aromatic carbocycles. The van der Waals surface area contributed by atoms with Crippen molar-refractivity contribution in [1.29, 1.82) is 0 Å². The van der Waals surface area contributed by atoms with Crippen LogP contribution in [0.4, 0.5) is 5.69 Å². The van der Waals surface area contributed by atoms with Gasteiger partial charge in [0.1, 0.15) is 0 Å². The molecule has 0 amide bonds. The molecular weight excluding hydrogens is 372 g/mol.